The van der Waals surface area contributed by atoms with Crippen LogP contribution in [-0.2, 0) is 23.6 Å². The van der Waals surface area contributed by atoms with E-state index in [9.17, 15) is 4.79 Å². The topological polar surface area (TPSA) is 78.3 Å². The molecule has 0 spiro atoms. The molecule has 0 unspecified atom stereocenters. The van der Waals surface area contributed by atoms with Crippen LogP contribution in [-0.4, -0.2) is 34.9 Å². The highest BCUT2D eigenvalue weighted by Gasteiger charge is 2.13. The van der Waals surface area contributed by atoms with E-state index in [2.05, 4.69) is 22.1 Å². The third-order valence-corrected chi connectivity index (χ3v) is 6.49. The molecule has 0 radical (unpaired) electrons. The predicted octanol–water partition coefficient (Wildman–Crippen LogP) is 5.41. The first kappa shape index (κ1) is 25.7. The van der Waals surface area contributed by atoms with Gasteiger partial charge in [-0.05, 0) is 41.5 Å². The average molecular weight is 519 g/mol. The summed E-state index contributed by atoms with van der Waals surface area (Å²) >= 11 is 13.6. The number of methoxy groups -OCH3 is 2. The van der Waals surface area contributed by atoms with Gasteiger partial charge < -0.3 is 19.4 Å². The van der Waals surface area contributed by atoms with E-state index in [1.165, 1.54) is 17.8 Å². The van der Waals surface area contributed by atoms with Crippen molar-refractivity contribution in [2.45, 2.75) is 24.0 Å². The van der Waals surface area contributed by atoms with Crippen molar-refractivity contribution in [3.8, 4) is 11.5 Å². The third kappa shape index (κ3) is 6.79. The lowest BCUT2D eigenvalue weighted by Gasteiger charge is -2.09. The SMILES string of the molecule is C=CCn1c(CNC(=O)/C=C/c2ccc(OC)c(OC)c2)nnc1SCc1ccc(Cl)c(Cl)c1. The van der Waals surface area contributed by atoms with Crippen molar-refractivity contribution in [2.24, 2.45) is 0 Å². The molecule has 0 aliphatic carbocycles. The molecule has 3 rings (SSSR count). The van der Waals surface area contributed by atoms with E-state index in [4.69, 9.17) is 32.7 Å². The molecule has 0 aliphatic heterocycles. The summed E-state index contributed by atoms with van der Waals surface area (Å²) in [6, 6.07) is 10.9. The first-order valence-corrected chi connectivity index (χ1v) is 12.0. The Hall–Kier alpha value is -2.94. The molecule has 0 atom stereocenters. The molecule has 2 aromatic carbocycles. The number of carbonyl (C=O) groups excluding carboxylic acids is 1. The number of amides is 1. The minimum Gasteiger partial charge on any atom is -0.493 e. The molecule has 1 aromatic heterocycles. The molecule has 7 nitrogen and oxygen atoms in total. The molecule has 0 saturated heterocycles. The molecule has 0 aliphatic rings. The summed E-state index contributed by atoms with van der Waals surface area (Å²) in [7, 11) is 3.14. The summed E-state index contributed by atoms with van der Waals surface area (Å²) in [5, 5.41) is 13.1. The normalized spacial score (nSPS) is 10.9. The van der Waals surface area contributed by atoms with Crippen molar-refractivity contribution >= 4 is 46.9 Å². The van der Waals surface area contributed by atoms with Crippen LogP contribution in [0.2, 0.25) is 10.0 Å². The maximum absolute atomic E-state index is 12.4. The van der Waals surface area contributed by atoms with E-state index in [0.717, 1.165) is 16.3 Å². The Morgan fingerprint density at radius 1 is 1.12 bits per heavy atom. The zero-order chi connectivity index (χ0) is 24.5. The first-order chi connectivity index (χ1) is 16.4. The van der Waals surface area contributed by atoms with E-state index >= 15 is 0 Å². The van der Waals surface area contributed by atoms with Crippen molar-refractivity contribution < 1.29 is 14.3 Å². The van der Waals surface area contributed by atoms with Gasteiger partial charge in [0.2, 0.25) is 5.91 Å². The number of benzene rings is 2. The van der Waals surface area contributed by atoms with Crippen molar-refractivity contribution in [3.05, 3.63) is 82.1 Å². The van der Waals surface area contributed by atoms with Crippen LogP contribution < -0.4 is 14.8 Å². The van der Waals surface area contributed by atoms with Gasteiger partial charge in [-0.1, -0.05) is 53.2 Å². The number of hydrogen-bond donors (Lipinski definition) is 1. The summed E-state index contributed by atoms with van der Waals surface area (Å²) < 4.78 is 12.4. The van der Waals surface area contributed by atoms with Gasteiger partial charge in [-0.15, -0.1) is 16.8 Å². The number of carbonyl (C=O) groups is 1. The largest absolute Gasteiger partial charge is 0.493 e. The van der Waals surface area contributed by atoms with E-state index in [0.29, 0.717) is 39.7 Å². The van der Waals surface area contributed by atoms with Crippen molar-refractivity contribution in [2.75, 3.05) is 14.2 Å². The van der Waals surface area contributed by atoms with Gasteiger partial charge in [0.1, 0.15) is 0 Å². The van der Waals surface area contributed by atoms with E-state index in [1.54, 1.807) is 44.6 Å². The molecular formula is C24H24Cl2N4O3S. The first-order valence-electron chi connectivity index (χ1n) is 10.2. The minimum absolute atomic E-state index is 0.225. The van der Waals surface area contributed by atoms with Crippen molar-refractivity contribution in [1.29, 1.82) is 0 Å². The molecule has 34 heavy (non-hydrogen) atoms. The number of halogens is 2. The van der Waals surface area contributed by atoms with Crippen LogP contribution in [0.4, 0.5) is 0 Å². The van der Waals surface area contributed by atoms with Crippen LogP contribution in [0.25, 0.3) is 6.08 Å². The van der Waals surface area contributed by atoms with Crippen LogP contribution in [0, 0.1) is 0 Å². The van der Waals surface area contributed by atoms with Gasteiger partial charge in [0, 0.05) is 18.4 Å². The smallest absolute Gasteiger partial charge is 0.244 e. The lowest BCUT2D eigenvalue weighted by Crippen LogP contribution is -2.22. The fourth-order valence-electron chi connectivity index (χ4n) is 3.00. The van der Waals surface area contributed by atoms with E-state index in [1.807, 2.05) is 22.8 Å². The zero-order valence-electron chi connectivity index (χ0n) is 18.8. The number of ether oxygens (including phenoxy) is 2. The maximum Gasteiger partial charge on any atom is 0.244 e. The van der Waals surface area contributed by atoms with Crippen molar-refractivity contribution in [3.63, 3.8) is 0 Å². The molecule has 0 fully saturated rings. The van der Waals surface area contributed by atoms with E-state index in [-0.39, 0.29) is 12.5 Å². The Morgan fingerprint density at radius 2 is 1.91 bits per heavy atom. The maximum atomic E-state index is 12.4. The fraction of sp³-hybridized carbons (Fsp3) is 0.208. The number of nitrogens with zero attached hydrogens (tertiary/aromatic N) is 3. The standard InChI is InChI=1S/C24H24Cl2N4O3S/c1-4-11-30-22(28-29-24(30)34-15-17-5-8-18(25)19(26)12-17)14-27-23(31)10-7-16-6-9-20(32-2)21(13-16)33-3/h4-10,12-13H,1,11,14-15H2,2-3H3,(H,27,31)/b10-7+. The van der Waals surface area contributed by atoms with Crippen LogP contribution in [0.1, 0.15) is 17.0 Å². The fourth-order valence-corrected chi connectivity index (χ4v) is 4.23. The molecule has 10 heteroatoms. The van der Waals surface area contributed by atoms with Gasteiger partial charge >= 0.3 is 0 Å². The molecule has 1 heterocycles. The number of rotatable bonds is 11. The van der Waals surface area contributed by atoms with Crippen molar-refractivity contribution in [1.82, 2.24) is 20.1 Å². The van der Waals surface area contributed by atoms with Crippen LogP contribution in [0.3, 0.4) is 0 Å². The number of thioether (sulfide) groups is 1. The Morgan fingerprint density at radius 3 is 2.62 bits per heavy atom. The summed E-state index contributed by atoms with van der Waals surface area (Å²) in [6.45, 7) is 4.55. The molecule has 0 bridgehead atoms. The highest BCUT2D eigenvalue weighted by Crippen LogP contribution is 2.28. The van der Waals surface area contributed by atoms with Crippen LogP contribution >= 0.6 is 35.0 Å². The lowest BCUT2D eigenvalue weighted by atomic mass is 10.2. The Bertz CT molecular complexity index is 1200. The monoisotopic (exact) mass is 518 g/mol. The third-order valence-electron chi connectivity index (χ3n) is 4.71. The number of hydrogen-bond acceptors (Lipinski definition) is 6. The molecular weight excluding hydrogens is 495 g/mol. The molecule has 3 aromatic rings. The van der Waals surface area contributed by atoms with Crippen LogP contribution in [0.5, 0.6) is 11.5 Å². The lowest BCUT2D eigenvalue weighted by molar-refractivity contribution is -0.116. The van der Waals surface area contributed by atoms with Gasteiger partial charge in [0.15, 0.2) is 22.5 Å². The average Bonchev–Trinajstić information content (AvgIpc) is 3.23. The summed E-state index contributed by atoms with van der Waals surface area (Å²) in [4.78, 5) is 12.4. The Balaban J connectivity index is 1.62. The predicted molar refractivity (Wildman–Crippen MR) is 137 cm³/mol. The van der Waals surface area contributed by atoms with E-state index < -0.39 is 0 Å². The van der Waals surface area contributed by atoms with Gasteiger partial charge in [0.25, 0.3) is 0 Å². The highest BCUT2D eigenvalue weighted by atomic mass is 35.5. The minimum atomic E-state index is -0.257. The molecule has 1 amide bonds. The summed E-state index contributed by atoms with van der Waals surface area (Å²) in [6.07, 6.45) is 4.91. The molecule has 178 valence electrons. The summed E-state index contributed by atoms with van der Waals surface area (Å²) in [5.41, 5.74) is 1.83. The van der Waals surface area contributed by atoms with Crippen LogP contribution in [0.15, 0.2) is 60.3 Å². The van der Waals surface area contributed by atoms with Gasteiger partial charge in [-0.2, -0.15) is 0 Å². The number of nitrogens with one attached hydrogen (secondary N) is 1. The quantitative estimate of drug-likeness (QED) is 0.207. The zero-order valence-corrected chi connectivity index (χ0v) is 21.1. The second-order valence-corrected chi connectivity index (χ2v) is 8.76. The highest BCUT2D eigenvalue weighted by molar-refractivity contribution is 7.98. The molecule has 0 saturated carbocycles. The van der Waals surface area contributed by atoms with Gasteiger partial charge in [-0.25, -0.2) is 0 Å². The molecule has 1 N–H and O–H groups in total. The second kappa shape index (κ2) is 12.5. The Kier molecular flexibility index (Phi) is 9.44. The number of allylic oxidation sites excluding steroid dienone is 1. The number of aromatic nitrogens is 3. The van der Waals surface area contributed by atoms with Gasteiger partial charge in [0.05, 0.1) is 30.8 Å². The summed E-state index contributed by atoms with van der Waals surface area (Å²) in [5.74, 6) is 2.23. The van der Waals surface area contributed by atoms with Gasteiger partial charge in [-0.3, -0.25) is 4.79 Å². The second-order valence-electron chi connectivity index (χ2n) is 7.00. The Labute approximate surface area is 212 Å².